The molecule has 1 aromatic rings. The molecule has 5 heteroatoms. The van der Waals surface area contributed by atoms with Crippen molar-refractivity contribution in [3.05, 3.63) is 27.9 Å². The van der Waals surface area contributed by atoms with Crippen molar-refractivity contribution in [3.8, 4) is 0 Å². The topological polar surface area (TPSA) is 46.9 Å². The number of thioether (sulfide) groups is 1. The third-order valence-corrected chi connectivity index (χ3v) is 3.57. The molecule has 1 aromatic heterocycles. The van der Waals surface area contributed by atoms with E-state index in [-0.39, 0.29) is 5.69 Å². The standard InChI is InChI=1S/C13H23N3OS/c1-10(5-8-18-4)14-6-7-16-12(3)9-11(2)15-13(16)17/h9-10,14H,5-8H2,1-4H3. The van der Waals surface area contributed by atoms with Crippen LogP contribution in [0.15, 0.2) is 10.9 Å². The largest absolute Gasteiger partial charge is 0.347 e. The van der Waals surface area contributed by atoms with Crippen LogP contribution >= 0.6 is 11.8 Å². The van der Waals surface area contributed by atoms with Gasteiger partial charge in [-0.1, -0.05) is 0 Å². The first-order chi connectivity index (χ1) is 8.54. The molecule has 102 valence electrons. The molecule has 0 amide bonds. The van der Waals surface area contributed by atoms with Crippen molar-refractivity contribution in [3.63, 3.8) is 0 Å². The summed E-state index contributed by atoms with van der Waals surface area (Å²) in [5, 5.41) is 3.43. The Hall–Kier alpha value is -0.810. The fourth-order valence-corrected chi connectivity index (χ4v) is 2.46. The highest BCUT2D eigenvalue weighted by atomic mass is 32.2. The van der Waals surface area contributed by atoms with Gasteiger partial charge in [-0.05, 0) is 45.3 Å². The van der Waals surface area contributed by atoms with Crippen LogP contribution in [-0.2, 0) is 6.54 Å². The summed E-state index contributed by atoms with van der Waals surface area (Å²) in [5.41, 5.74) is 1.62. The van der Waals surface area contributed by atoms with Gasteiger partial charge in [-0.15, -0.1) is 0 Å². The lowest BCUT2D eigenvalue weighted by Crippen LogP contribution is -2.34. The summed E-state index contributed by atoms with van der Waals surface area (Å²) in [5.74, 6) is 1.17. The summed E-state index contributed by atoms with van der Waals surface area (Å²) in [6.07, 6.45) is 3.27. The third kappa shape index (κ3) is 4.82. The summed E-state index contributed by atoms with van der Waals surface area (Å²) < 4.78 is 1.72. The Kier molecular flexibility index (Phi) is 6.43. The molecule has 1 rings (SSSR count). The van der Waals surface area contributed by atoms with Crippen LogP contribution in [0.25, 0.3) is 0 Å². The minimum atomic E-state index is -0.147. The van der Waals surface area contributed by atoms with E-state index in [0.717, 1.165) is 24.4 Å². The Labute approximate surface area is 113 Å². The molecule has 18 heavy (non-hydrogen) atoms. The molecule has 0 aromatic carbocycles. The second kappa shape index (κ2) is 7.59. The van der Waals surface area contributed by atoms with Gasteiger partial charge in [-0.3, -0.25) is 4.57 Å². The summed E-state index contributed by atoms with van der Waals surface area (Å²) in [7, 11) is 0. The van der Waals surface area contributed by atoms with Gasteiger partial charge in [0.1, 0.15) is 0 Å². The Bertz CT molecular complexity index is 431. The van der Waals surface area contributed by atoms with E-state index in [9.17, 15) is 4.79 Å². The van der Waals surface area contributed by atoms with Crippen molar-refractivity contribution >= 4 is 11.8 Å². The predicted molar refractivity (Wildman–Crippen MR) is 78.4 cm³/mol. The first-order valence-electron chi connectivity index (χ1n) is 6.32. The minimum absolute atomic E-state index is 0.147. The van der Waals surface area contributed by atoms with Crippen molar-refractivity contribution in [2.75, 3.05) is 18.6 Å². The monoisotopic (exact) mass is 269 g/mol. The van der Waals surface area contributed by atoms with Crippen LogP contribution in [0, 0.1) is 13.8 Å². The highest BCUT2D eigenvalue weighted by molar-refractivity contribution is 7.98. The van der Waals surface area contributed by atoms with Gasteiger partial charge in [0.05, 0.1) is 0 Å². The molecule has 0 saturated carbocycles. The molecule has 0 spiro atoms. The average Bonchev–Trinajstić information content (AvgIpc) is 2.29. The first-order valence-corrected chi connectivity index (χ1v) is 7.71. The fraction of sp³-hybridized carbons (Fsp3) is 0.692. The zero-order valence-corrected chi connectivity index (χ0v) is 12.5. The third-order valence-electron chi connectivity index (χ3n) is 2.93. The van der Waals surface area contributed by atoms with Crippen LogP contribution in [0.3, 0.4) is 0 Å². The number of hydrogen-bond acceptors (Lipinski definition) is 4. The Morgan fingerprint density at radius 1 is 1.50 bits per heavy atom. The summed E-state index contributed by atoms with van der Waals surface area (Å²) in [6.45, 7) is 7.47. The molecule has 1 N–H and O–H groups in total. The molecule has 0 aliphatic rings. The van der Waals surface area contributed by atoms with Gasteiger partial charge in [-0.25, -0.2) is 4.79 Å². The molecule has 0 fully saturated rings. The quantitative estimate of drug-likeness (QED) is 0.816. The molecule has 0 bridgehead atoms. The molecule has 0 saturated heterocycles. The smallest absolute Gasteiger partial charge is 0.312 e. The number of nitrogens with one attached hydrogen (secondary N) is 1. The zero-order chi connectivity index (χ0) is 13.5. The molecular weight excluding hydrogens is 246 g/mol. The number of aryl methyl sites for hydroxylation is 2. The molecule has 1 unspecified atom stereocenters. The van der Waals surface area contributed by atoms with Crippen LogP contribution in [0.2, 0.25) is 0 Å². The lowest BCUT2D eigenvalue weighted by Gasteiger charge is -2.15. The van der Waals surface area contributed by atoms with Crippen LogP contribution < -0.4 is 11.0 Å². The van der Waals surface area contributed by atoms with Gasteiger partial charge in [0, 0.05) is 30.5 Å². The van der Waals surface area contributed by atoms with Crippen molar-refractivity contribution < 1.29 is 0 Å². The number of rotatable bonds is 7. The molecule has 0 aliphatic carbocycles. The highest BCUT2D eigenvalue weighted by Gasteiger charge is 2.04. The zero-order valence-electron chi connectivity index (χ0n) is 11.7. The van der Waals surface area contributed by atoms with Crippen molar-refractivity contribution in [2.45, 2.75) is 39.8 Å². The maximum absolute atomic E-state index is 11.7. The number of aromatic nitrogens is 2. The van der Waals surface area contributed by atoms with E-state index in [1.807, 2.05) is 31.7 Å². The van der Waals surface area contributed by atoms with Crippen molar-refractivity contribution in [1.82, 2.24) is 14.9 Å². The number of nitrogens with zero attached hydrogens (tertiary/aromatic N) is 2. The second-order valence-electron chi connectivity index (χ2n) is 4.61. The maximum atomic E-state index is 11.7. The number of hydrogen-bond donors (Lipinski definition) is 1. The van der Waals surface area contributed by atoms with E-state index in [1.165, 1.54) is 5.75 Å². The highest BCUT2D eigenvalue weighted by Crippen LogP contribution is 2.00. The average molecular weight is 269 g/mol. The van der Waals surface area contributed by atoms with E-state index in [0.29, 0.717) is 12.6 Å². The second-order valence-corrected chi connectivity index (χ2v) is 5.60. The van der Waals surface area contributed by atoms with Crippen LogP contribution in [0.4, 0.5) is 0 Å². The van der Waals surface area contributed by atoms with Gasteiger partial charge in [-0.2, -0.15) is 16.7 Å². The summed E-state index contributed by atoms with van der Waals surface area (Å²) in [6, 6.07) is 2.44. The molecular formula is C13H23N3OS. The van der Waals surface area contributed by atoms with E-state index in [4.69, 9.17) is 0 Å². The minimum Gasteiger partial charge on any atom is -0.312 e. The normalized spacial score (nSPS) is 12.7. The Balaban J connectivity index is 2.47. The van der Waals surface area contributed by atoms with E-state index in [1.54, 1.807) is 4.57 Å². The van der Waals surface area contributed by atoms with E-state index < -0.39 is 0 Å². The van der Waals surface area contributed by atoms with Gasteiger partial charge in [0.15, 0.2) is 0 Å². The molecule has 4 nitrogen and oxygen atoms in total. The van der Waals surface area contributed by atoms with Gasteiger partial charge >= 0.3 is 5.69 Å². The summed E-state index contributed by atoms with van der Waals surface area (Å²) in [4.78, 5) is 15.7. The van der Waals surface area contributed by atoms with Crippen LogP contribution in [0.1, 0.15) is 24.7 Å². The van der Waals surface area contributed by atoms with E-state index >= 15 is 0 Å². The molecule has 0 aliphatic heterocycles. The lowest BCUT2D eigenvalue weighted by atomic mass is 10.2. The van der Waals surface area contributed by atoms with Crippen molar-refractivity contribution in [2.24, 2.45) is 0 Å². The molecule has 0 radical (unpaired) electrons. The Morgan fingerprint density at radius 2 is 2.22 bits per heavy atom. The Morgan fingerprint density at radius 3 is 2.83 bits per heavy atom. The van der Waals surface area contributed by atoms with Crippen molar-refractivity contribution in [1.29, 1.82) is 0 Å². The van der Waals surface area contributed by atoms with Gasteiger partial charge in [0.25, 0.3) is 0 Å². The molecule has 1 heterocycles. The summed E-state index contributed by atoms with van der Waals surface area (Å²) >= 11 is 1.86. The van der Waals surface area contributed by atoms with E-state index in [2.05, 4.69) is 23.5 Å². The molecule has 1 atom stereocenters. The van der Waals surface area contributed by atoms with Gasteiger partial charge in [0.2, 0.25) is 0 Å². The first kappa shape index (κ1) is 15.2. The predicted octanol–water partition coefficient (Wildman–Crippen LogP) is 1.59. The maximum Gasteiger partial charge on any atom is 0.347 e. The fourth-order valence-electron chi connectivity index (χ4n) is 1.87. The van der Waals surface area contributed by atoms with Crippen LogP contribution in [0.5, 0.6) is 0 Å². The van der Waals surface area contributed by atoms with Crippen LogP contribution in [-0.4, -0.2) is 34.1 Å². The SMILES string of the molecule is CSCCC(C)NCCn1c(C)cc(C)nc1=O. The lowest BCUT2D eigenvalue weighted by molar-refractivity contribution is 0.494. The van der Waals surface area contributed by atoms with Gasteiger partial charge < -0.3 is 5.32 Å².